The summed E-state index contributed by atoms with van der Waals surface area (Å²) in [5, 5.41) is 11.5. The molecule has 0 saturated carbocycles. The van der Waals surface area contributed by atoms with Gasteiger partial charge < -0.3 is 5.32 Å². The van der Waals surface area contributed by atoms with Gasteiger partial charge in [0.15, 0.2) is 0 Å². The zero-order valence-corrected chi connectivity index (χ0v) is 16.3. The Morgan fingerprint density at radius 1 is 1.42 bits per heavy atom. The van der Waals surface area contributed by atoms with Gasteiger partial charge in [-0.1, -0.05) is 13.0 Å². The van der Waals surface area contributed by atoms with Gasteiger partial charge in [0.05, 0.1) is 11.5 Å². The number of nitrogens with one attached hydrogen (secondary N) is 2. The van der Waals surface area contributed by atoms with Crippen molar-refractivity contribution in [2.45, 2.75) is 25.9 Å². The van der Waals surface area contributed by atoms with E-state index in [0.29, 0.717) is 5.56 Å². The van der Waals surface area contributed by atoms with E-state index in [2.05, 4.69) is 10.3 Å². The van der Waals surface area contributed by atoms with Crippen LogP contribution in [0.4, 0.5) is 0 Å². The highest BCUT2D eigenvalue weighted by molar-refractivity contribution is 7.99. The maximum absolute atomic E-state index is 12.8. The molecule has 0 bridgehead atoms. The zero-order valence-electron chi connectivity index (χ0n) is 14.7. The molecular formula is C15H24N4O5S2. The minimum atomic E-state index is -3.89. The lowest BCUT2D eigenvalue weighted by atomic mass is 10.2. The second kappa shape index (κ2) is 11.1. The lowest BCUT2D eigenvalue weighted by Crippen LogP contribution is -2.49. The Bertz CT molecular complexity index is 685. The Kier molecular flexibility index (Phi) is 9.55. The number of hydrogen-bond acceptors (Lipinski definition) is 7. The van der Waals surface area contributed by atoms with Crippen LogP contribution in [0.15, 0.2) is 24.5 Å². The third kappa shape index (κ3) is 6.90. The predicted octanol–water partition coefficient (Wildman–Crippen LogP) is -0.0234. The van der Waals surface area contributed by atoms with Gasteiger partial charge in [0.1, 0.15) is 6.04 Å². The third-order valence-corrected chi connectivity index (χ3v) is 5.89. The number of carbonyl (C=O) groups is 2. The molecule has 26 heavy (non-hydrogen) atoms. The molecule has 2 amide bonds. The first kappa shape index (κ1) is 22.4. The van der Waals surface area contributed by atoms with Crippen molar-refractivity contribution >= 4 is 33.6 Å². The first-order chi connectivity index (χ1) is 12.4. The Morgan fingerprint density at radius 3 is 2.69 bits per heavy atom. The first-order valence-corrected chi connectivity index (χ1v) is 10.9. The van der Waals surface area contributed by atoms with E-state index in [0.717, 1.165) is 4.31 Å². The molecule has 1 rings (SSSR count). The van der Waals surface area contributed by atoms with Crippen molar-refractivity contribution < 1.29 is 23.2 Å². The average Bonchev–Trinajstić information content (AvgIpc) is 2.62. The highest BCUT2D eigenvalue weighted by Crippen LogP contribution is 2.16. The van der Waals surface area contributed by atoms with Crippen molar-refractivity contribution in [3.05, 3.63) is 30.1 Å². The van der Waals surface area contributed by atoms with Gasteiger partial charge in [-0.2, -0.15) is 16.1 Å². The average molecular weight is 405 g/mol. The van der Waals surface area contributed by atoms with Crippen LogP contribution in [-0.4, -0.2) is 65.1 Å². The Morgan fingerprint density at radius 2 is 2.15 bits per heavy atom. The quantitative estimate of drug-likeness (QED) is 0.349. The molecule has 0 aliphatic carbocycles. The summed E-state index contributed by atoms with van der Waals surface area (Å²) in [5.41, 5.74) is 2.12. The Labute approximate surface area is 157 Å². The molecule has 1 aromatic heterocycles. The van der Waals surface area contributed by atoms with Crippen molar-refractivity contribution in [1.82, 2.24) is 20.1 Å². The van der Waals surface area contributed by atoms with Gasteiger partial charge in [-0.3, -0.25) is 19.8 Å². The van der Waals surface area contributed by atoms with Crippen LogP contribution in [0.25, 0.3) is 0 Å². The molecule has 1 aromatic rings. The van der Waals surface area contributed by atoms with Crippen molar-refractivity contribution in [1.29, 1.82) is 0 Å². The molecule has 0 aromatic carbocycles. The molecule has 0 aliphatic heterocycles. The summed E-state index contributed by atoms with van der Waals surface area (Å²) in [6.45, 7) is 1.51. The highest BCUT2D eigenvalue weighted by Gasteiger charge is 2.33. The van der Waals surface area contributed by atoms with E-state index >= 15 is 0 Å². The first-order valence-electron chi connectivity index (χ1n) is 7.93. The molecule has 9 nitrogen and oxygen atoms in total. The molecule has 1 heterocycles. The van der Waals surface area contributed by atoms with Crippen LogP contribution in [0.1, 0.15) is 18.9 Å². The minimum Gasteiger partial charge on any atom is -0.354 e. The fraction of sp³-hybridized carbons (Fsp3) is 0.533. The second-order valence-electron chi connectivity index (χ2n) is 5.41. The van der Waals surface area contributed by atoms with Crippen LogP contribution in [0.5, 0.6) is 0 Å². The van der Waals surface area contributed by atoms with Crippen molar-refractivity contribution in [2.75, 3.05) is 24.3 Å². The van der Waals surface area contributed by atoms with E-state index in [9.17, 15) is 18.0 Å². The van der Waals surface area contributed by atoms with Gasteiger partial charge in [-0.05, 0) is 24.3 Å². The highest BCUT2D eigenvalue weighted by atomic mass is 32.2. The number of sulfonamides is 1. The van der Waals surface area contributed by atoms with Gasteiger partial charge >= 0.3 is 0 Å². The van der Waals surface area contributed by atoms with E-state index in [-0.39, 0.29) is 36.9 Å². The number of amides is 2. The minimum absolute atomic E-state index is 0.0670. The number of rotatable bonds is 11. The van der Waals surface area contributed by atoms with Crippen LogP contribution in [0.2, 0.25) is 0 Å². The fourth-order valence-electron chi connectivity index (χ4n) is 2.29. The van der Waals surface area contributed by atoms with Crippen LogP contribution in [0, 0.1) is 0 Å². The summed E-state index contributed by atoms with van der Waals surface area (Å²) in [6.07, 6.45) is 5.00. The monoisotopic (exact) mass is 404 g/mol. The summed E-state index contributed by atoms with van der Waals surface area (Å²) in [7, 11) is -3.89. The lowest BCUT2D eigenvalue weighted by molar-refractivity contribution is -0.133. The number of aromatic nitrogens is 1. The molecule has 0 aliphatic rings. The van der Waals surface area contributed by atoms with E-state index in [1.54, 1.807) is 31.5 Å². The molecular weight excluding hydrogens is 380 g/mol. The molecule has 0 spiro atoms. The molecule has 0 radical (unpaired) electrons. The molecule has 146 valence electrons. The van der Waals surface area contributed by atoms with Crippen LogP contribution in [-0.2, 0) is 26.2 Å². The number of carbonyl (C=O) groups excluding carboxylic acids is 2. The summed E-state index contributed by atoms with van der Waals surface area (Å²) in [5.74, 6) is -1.19. The van der Waals surface area contributed by atoms with Gasteiger partial charge in [0, 0.05) is 25.5 Å². The number of hydroxylamine groups is 1. The summed E-state index contributed by atoms with van der Waals surface area (Å²) in [6, 6.07) is 2.28. The maximum atomic E-state index is 12.8. The predicted molar refractivity (Wildman–Crippen MR) is 99.0 cm³/mol. The van der Waals surface area contributed by atoms with Gasteiger partial charge in [0.25, 0.3) is 5.91 Å². The summed E-state index contributed by atoms with van der Waals surface area (Å²) >= 11 is 1.33. The normalized spacial score (nSPS) is 12.6. The van der Waals surface area contributed by atoms with Gasteiger partial charge in [-0.15, -0.1) is 0 Å². The fourth-order valence-corrected chi connectivity index (χ4v) is 4.22. The SMILES string of the molecule is CC[C@H](C(=O)NO)N(Cc1cccnc1)S(=O)(=O)CCNC(=O)CSC. The van der Waals surface area contributed by atoms with Crippen molar-refractivity contribution in [3.63, 3.8) is 0 Å². The molecule has 0 fully saturated rings. The van der Waals surface area contributed by atoms with Gasteiger partial charge in [-0.25, -0.2) is 13.9 Å². The maximum Gasteiger partial charge on any atom is 0.261 e. The van der Waals surface area contributed by atoms with Crippen LogP contribution < -0.4 is 10.8 Å². The summed E-state index contributed by atoms with van der Waals surface area (Å²) < 4.78 is 26.6. The van der Waals surface area contributed by atoms with Crippen molar-refractivity contribution in [2.24, 2.45) is 0 Å². The van der Waals surface area contributed by atoms with Gasteiger partial charge in [0.2, 0.25) is 15.9 Å². The van der Waals surface area contributed by atoms with E-state index in [1.165, 1.54) is 23.4 Å². The molecule has 11 heteroatoms. The number of thioether (sulfide) groups is 1. The van der Waals surface area contributed by atoms with Crippen molar-refractivity contribution in [3.8, 4) is 0 Å². The van der Waals surface area contributed by atoms with E-state index in [4.69, 9.17) is 5.21 Å². The number of hydrogen-bond donors (Lipinski definition) is 3. The second-order valence-corrected chi connectivity index (χ2v) is 8.31. The van der Waals surface area contributed by atoms with Crippen LogP contribution in [0.3, 0.4) is 0 Å². The summed E-state index contributed by atoms with van der Waals surface area (Å²) in [4.78, 5) is 27.4. The van der Waals surface area contributed by atoms with Crippen LogP contribution >= 0.6 is 11.8 Å². The lowest BCUT2D eigenvalue weighted by Gasteiger charge is -2.28. The third-order valence-electron chi connectivity index (χ3n) is 3.52. The zero-order chi connectivity index (χ0) is 19.6. The van der Waals surface area contributed by atoms with E-state index < -0.39 is 22.0 Å². The molecule has 0 saturated heterocycles. The van der Waals surface area contributed by atoms with E-state index in [1.807, 2.05) is 0 Å². The topological polar surface area (TPSA) is 129 Å². The Hall–Kier alpha value is -1.69. The Balaban J connectivity index is 2.97. The molecule has 1 atom stereocenters. The number of nitrogens with zero attached hydrogens (tertiary/aromatic N) is 2. The molecule has 3 N–H and O–H groups in total. The molecule has 0 unspecified atom stereocenters. The standard InChI is InChI=1S/C15H24N4O5S2/c1-3-13(15(21)18-22)19(10-12-5-4-6-16-9-12)26(23,24)8-7-17-14(20)11-25-2/h4-6,9,13,22H,3,7-8,10-11H2,1-2H3,(H,17,20)(H,18,21)/t13-/m1/s1. The largest absolute Gasteiger partial charge is 0.354 e. The smallest absolute Gasteiger partial charge is 0.261 e. The number of pyridine rings is 1.